The normalized spacial score (nSPS) is 12.0. The van der Waals surface area contributed by atoms with Crippen molar-refractivity contribution in [3.8, 4) is 0 Å². The lowest BCUT2D eigenvalue weighted by Gasteiger charge is -2.09. The highest BCUT2D eigenvalue weighted by Gasteiger charge is 2.25. The molecule has 0 radical (unpaired) electrons. The fourth-order valence-corrected chi connectivity index (χ4v) is 5.43. The third-order valence-electron chi connectivity index (χ3n) is 3.34. The first-order chi connectivity index (χ1) is 11.1. The second-order valence-corrected chi connectivity index (χ2v) is 7.97. The number of thiazole rings is 1. The minimum absolute atomic E-state index is 0.0588. The van der Waals surface area contributed by atoms with Gasteiger partial charge in [-0.25, -0.2) is 9.97 Å². The van der Waals surface area contributed by atoms with Gasteiger partial charge in [-0.05, 0) is 27.4 Å². The van der Waals surface area contributed by atoms with Gasteiger partial charge in [0.1, 0.15) is 10.4 Å². The van der Waals surface area contributed by atoms with Gasteiger partial charge in [-0.15, -0.1) is 11.3 Å². The van der Waals surface area contributed by atoms with Gasteiger partial charge in [-0.2, -0.15) is 8.42 Å². The van der Waals surface area contributed by atoms with Gasteiger partial charge < -0.3 is 0 Å². The lowest BCUT2D eigenvalue weighted by atomic mass is 10.2. The number of aromatic nitrogens is 3. The topological polar surface area (TPSA) is 76.4 Å². The SMILES string of the molecule is O=S(=O)(Nc1nccc2ccccc12)c1c(Br)nc2sccn12. The number of imidazole rings is 1. The molecule has 9 heteroatoms. The Morgan fingerprint density at radius 1 is 1.22 bits per heavy atom. The van der Waals surface area contributed by atoms with Crippen molar-refractivity contribution in [3.05, 3.63) is 52.7 Å². The Morgan fingerprint density at radius 2 is 2.04 bits per heavy atom. The number of pyridine rings is 1. The van der Waals surface area contributed by atoms with E-state index in [1.54, 1.807) is 17.8 Å². The van der Waals surface area contributed by atoms with Gasteiger partial charge in [-0.3, -0.25) is 9.12 Å². The standard InChI is InChI=1S/C14H9BrN4O2S2/c15-11-13(19-7-8-22-14(19)17-11)23(20,21)18-12-10-4-2-1-3-9(10)5-6-16-12/h1-8H,(H,16,18). The van der Waals surface area contributed by atoms with Crippen LogP contribution in [0.25, 0.3) is 15.7 Å². The summed E-state index contributed by atoms with van der Waals surface area (Å²) in [6, 6.07) is 9.29. The van der Waals surface area contributed by atoms with Crippen molar-refractivity contribution in [1.29, 1.82) is 0 Å². The van der Waals surface area contributed by atoms with Crippen LogP contribution in [-0.4, -0.2) is 22.8 Å². The van der Waals surface area contributed by atoms with Gasteiger partial charge in [0.15, 0.2) is 9.99 Å². The number of benzene rings is 1. The minimum Gasteiger partial charge on any atom is -0.278 e. The number of sulfonamides is 1. The van der Waals surface area contributed by atoms with Crippen LogP contribution in [0.15, 0.2) is 57.7 Å². The maximum Gasteiger partial charge on any atom is 0.281 e. The van der Waals surface area contributed by atoms with Crippen LogP contribution >= 0.6 is 27.3 Å². The summed E-state index contributed by atoms with van der Waals surface area (Å²) in [4.78, 5) is 8.97. The second kappa shape index (κ2) is 5.29. The Kier molecular flexibility index (Phi) is 3.36. The molecule has 1 N–H and O–H groups in total. The number of rotatable bonds is 3. The molecule has 6 nitrogen and oxygen atoms in total. The highest BCUT2D eigenvalue weighted by atomic mass is 79.9. The van der Waals surface area contributed by atoms with Gasteiger partial charge in [0.2, 0.25) is 0 Å². The molecule has 0 unspecified atom stereocenters. The summed E-state index contributed by atoms with van der Waals surface area (Å²) in [6.07, 6.45) is 3.24. The van der Waals surface area contributed by atoms with E-state index >= 15 is 0 Å². The lowest BCUT2D eigenvalue weighted by molar-refractivity contribution is 0.596. The van der Waals surface area contributed by atoms with Crippen LogP contribution in [0.2, 0.25) is 0 Å². The van der Waals surface area contributed by atoms with Crippen molar-refractivity contribution in [3.63, 3.8) is 0 Å². The molecule has 0 fully saturated rings. The van der Waals surface area contributed by atoms with E-state index in [1.807, 2.05) is 30.3 Å². The number of anilines is 1. The summed E-state index contributed by atoms with van der Waals surface area (Å²) in [5.74, 6) is 0.292. The van der Waals surface area contributed by atoms with Crippen LogP contribution in [0, 0.1) is 0 Å². The predicted octanol–water partition coefficient (Wildman–Crippen LogP) is 3.51. The molecule has 116 valence electrons. The van der Waals surface area contributed by atoms with Gasteiger partial charge in [0.05, 0.1) is 0 Å². The zero-order valence-electron chi connectivity index (χ0n) is 11.5. The Bertz CT molecular complexity index is 1130. The molecule has 0 saturated carbocycles. The fraction of sp³-hybridized carbons (Fsp3) is 0. The molecule has 0 saturated heterocycles. The van der Waals surface area contributed by atoms with Gasteiger partial charge >= 0.3 is 0 Å². The molecule has 0 aliphatic rings. The van der Waals surface area contributed by atoms with Crippen LogP contribution < -0.4 is 4.72 Å². The van der Waals surface area contributed by atoms with Crippen LogP contribution in [-0.2, 0) is 10.0 Å². The molecule has 23 heavy (non-hydrogen) atoms. The van der Waals surface area contributed by atoms with Crippen LogP contribution in [0.3, 0.4) is 0 Å². The zero-order valence-corrected chi connectivity index (χ0v) is 14.7. The number of fused-ring (bicyclic) bond motifs is 2. The van der Waals surface area contributed by atoms with E-state index in [-0.39, 0.29) is 9.63 Å². The van der Waals surface area contributed by atoms with Crippen molar-refractivity contribution < 1.29 is 8.42 Å². The summed E-state index contributed by atoms with van der Waals surface area (Å²) in [5.41, 5.74) is 0. The monoisotopic (exact) mass is 408 g/mol. The van der Waals surface area contributed by atoms with Gasteiger partial charge in [0.25, 0.3) is 10.0 Å². The van der Waals surface area contributed by atoms with E-state index in [0.29, 0.717) is 10.8 Å². The quantitative estimate of drug-likeness (QED) is 0.562. The first kappa shape index (κ1) is 14.6. The molecule has 0 atom stereocenters. The van der Waals surface area contributed by atoms with Gasteiger partial charge in [0, 0.05) is 23.2 Å². The first-order valence-electron chi connectivity index (χ1n) is 6.54. The van der Waals surface area contributed by atoms with E-state index in [4.69, 9.17) is 0 Å². The Labute approximate surface area is 144 Å². The average molecular weight is 409 g/mol. The third-order valence-corrected chi connectivity index (χ3v) is 6.27. The average Bonchev–Trinajstić information content (AvgIpc) is 3.06. The number of hydrogen-bond acceptors (Lipinski definition) is 5. The maximum absolute atomic E-state index is 12.8. The van der Waals surface area contributed by atoms with Crippen LogP contribution in [0.1, 0.15) is 0 Å². The molecular weight excluding hydrogens is 400 g/mol. The number of nitrogens with one attached hydrogen (secondary N) is 1. The number of nitrogens with zero attached hydrogens (tertiary/aromatic N) is 3. The smallest absolute Gasteiger partial charge is 0.278 e. The van der Waals surface area contributed by atoms with Crippen molar-refractivity contribution in [2.45, 2.75) is 5.03 Å². The van der Waals surface area contributed by atoms with Crippen molar-refractivity contribution in [1.82, 2.24) is 14.4 Å². The van der Waals surface area contributed by atoms with E-state index in [9.17, 15) is 8.42 Å². The third kappa shape index (κ3) is 2.41. The molecule has 0 aliphatic heterocycles. The minimum atomic E-state index is -3.84. The second-order valence-electron chi connectivity index (χ2n) is 4.75. The van der Waals surface area contributed by atoms with E-state index in [0.717, 1.165) is 10.8 Å². The molecule has 0 spiro atoms. The van der Waals surface area contributed by atoms with E-state index in [1.165, 1.54) is 15.7 Å². The molecule has 4 aromatic rings. The van der Waals surface area contributed by atoms with Crippen molar-refractivity contribution in [2.75, 3.05) is 4.72 Å². The Morgan fingerprint density at radius 3 is 2.91 bits per heavy atom. The Hall–Kier alpha value is -1.97. The predicted molar refractivity (Wildman–Crippen MR) is 93.3 cm³/mol. The largest absolute Gasteiger partial charge is 0.281 e. The molecule has 1 aromatic carbocycles. The Balaban J connectivity index is 1.86. The summed E-state index contributed by atoms with van der Waals surface area (Å²) < 4.78 is 30.0. The van der Waals surface area contributed by atoms with Crippen molar-refractivity contribution >= 4 is 58.8 Å². The summed E-state index contributed by atoms with van der Waals surface area (Å²) in [6.45, 7) is 0. The molecule has 3 aromatic heterocycles. The summed E-state index contributed by atoms with van der Waals surface area (Å²) in [7, 11) is -3.84. The van der Waals surface area contributed by atoms with Crippen LogP contribution in [0.5, 0.6) is 0 Å². The molecule has 0 amide bonds. The molecule has 4 rings (SSSR count). The zero-order chi connectivity index (χ0) is 16.0. The lowest BCUT2D eigenvalue weighted by Crippen LogP contribution is -2.16. The molecule has 0 bridgehead atoms. The fourth-order valence-electron chi connectivity index (χ4n) is 2.36. The number of hydrogen-bond donors (Lipinski definition) is 1. The van der Waals surface area contributed by atoms with E-state index in [2.05, 4.69) is 30.6 Å². The highest BCUT2D eigenvalue weighted by Crippen LogP contribution is 2.29. The maximum atomic E-state index is 12.8. The highest BCUT2D eigenvalue weighted by molar-refractivity contribution is 9.10. The van der Waals surface area contributed by atoms with E-state index < -0.39 is 10.0 Å². The summed E-state index contributed by atoms with van der Waals surface area (Å²) >= 11 is 4.58. The summed E-state index contributed by atoms with van der Waals surface area (Å²) in [5, 5.41) is 3.49. The van der Waals surface area contributed by atoms with Crippen molar-refractivity contribution in [2.24, 2.45) is 0 Å². The van der Waals surface area contributed by atoms with Gasteiger partial charge in [-0.1, -0.05) is 24.3 Å². The van der Waals surface area contributed by atoms with Crippen LogP contribution in [0.4, 0.5) is 5.82 Å². The number of halogens is 1. The molecule has 0 aliphatic carbocycles. The molecule has 3 heterocycles. The molecular formula is C14H9BrN4O2S2. The first-order valence-corrected chi connectivity index (χ1v) is 9.69.